The van der Waals surface area contributed by atoms with Crippen LogP contribution in [0.3, 0.4) is 0 Å². The molecule has 0 aliphatic carbocycles. The number of hydrogen-bond acceptors (Lipinski definition) is 4. The van der Waals surface area contributed by atoms with Crippen LogP contribution in [0.5, 0.6) is 0 Å². The number of aromatic nitrogens is 2. The molecule has 94 valence electrons. The number of carbonyl (C=O) groups is 1. The van der Waals surface area contributed by atoms with Gasteiger partial charge in [-0.25, -0.2) is 4.98 Å². The van der Waals surface area contributed by atoms with Crippen molar-refractivity contribution in [2.75, 3.05) is 0 Å². The molecule has 5 heteroatoms. The van der Waals surface area contributed by atoms with Crippen LogP contribution in [0.1, 0.15) is 30.5 Å². The van der Waals surface area contributed by atoms with Crippen molar-refractivity contribution in [1.82, 2.24) is 9.97 Å². The molecule has 0 aromatic carbocycles. The minimum atomic E-state index is -0.0427. The third-order valence-electron chi connectivity index (χ3n) is 2.46. The minimum absolute atomic E-state index is 0.0427. The Morgan fingerprint density at radius 1 is 1.44 bits per heavy atom. The molecule has 1 unspecified atom stereocenters. The molecule has 4 nitrogen and oxygen atoms in total. The summed E-state index contributed by atoms with van der Waals surface area (Å²) in [6.07, 6.45) is 4.55. The van der Waals surface area contributed by atoms with Crippen LogP contribution in [-0.2, 0) is 4.79 Å². The lowest BCUT2D eigenvalue weighted by Gasteiger charge is -2.03. The summed E-state index contributed by atoms with van der Waals surface area (Å²) in [6, 6.07) is 5.61. The van der Waals surface area contributed by atoms with Crippen molar-refractivity contribution in [2.24, 2.45) is 0 Å². The van der Waals surface area contributed by atoms with Crippen molar-refractivity contribution in [1.29, 1.82) is 0 Å². The van der Waals surface area contributed by atoms with Crippen molar-refractivity contribution < 1.29 is 9.21 Å². The number of ketones is 1. The van der Waals surface area contributed by atoms with Gasteiger partial charge in [0.25, 0.3) is 0 Å². The summed E-state index contributed by atoms with van der Waals surface area (Å²) < 4.78 is 5.63. The molecular weight excluding hydrogens is 296 g/mol. The van der Waals surface area contributed by atoms with Gasteiger partial charge in [-0.1, -0.05) is 22.0 Å². The van der Waals surface area contributed by atoms with E-state index in [1.807, 2.05) is 18.2 Å². The van der Waals surface area contributed by atoms with E-state index in [0.717, 1.165) is 5.69 Å². The summed E-state index contributed by atoms with van der Waals surface area (Å²) in [4.78, 5) is 19.3. The first kappa shape index (κ1) is 13.0. The Balaban J connectivity index is 2.08. The number of rotatable bonds is 5. The third-order valence-corrected chi connectivity index (χ3v) is 3.31. The van der Waals surface area contributed by atoms with Gasteiger partial charge in [-0.15, -0.1) is 0 Å². The summed E-state index contributed by atoms with van der Waals surface area (Å²) in [7, 11) is 0. The molecule has 0 fully saturated rings. The molecule has 0 bridgehead atoms. The quantitative estimate of drug-likeness (QED) is 0.793. The van der Waals surface area contributed by atoms with Gasteiger partial charge in [-0.05, 0) is 25.5 Å². The van der Waals surface area contributed by atoms with Crippen LogP contribution >= 0.6 is 15.9 Å². The molecule has 0 saturated heterocycles. The lowest BCUT2D eigenvalue weighted by Crippen LogP contribution is -1.95. The number of Topliss-reactive ketones (excluding diaryl/α,β-unsaturated/α-hetero) is 1. The zero-order valence-electron chi connectivity index (χ0n) is 9.97. The van der Waals surface area contributed by atoms with Gasteiger partial charge in [0.2, 0.25) is 5.89 Å². The Bertz CT molecular complexity index is 525. The lowest BCUT2D eigenvalue weighted by molar-refractivity contribution is -0.117. The molecule has 18 heavy (non-hydrogen) atoms. The highest BCUT2D eigenvalue weighted by molar-refractivity contribution is 9.09. The maximum absolute atomic E-state index is 10.9. The number of halogens is 1. The van der Waals surface area contributed by atoms with Crippen molar-refractivity contribution in [3.63, 3.8) is 0 Å². The number of alkyl halides is 1. The van der Waals surface area contributed by atoms with Gasteiger partial charge in [0.1, 0.15) is 11.5 Å². The minimum Gasteiger partial charge on any atom is -0.438 e. The normalized spacial score (nSPS) is 12.3. The average molecular weight is 309 g/mol. The lowest BCUT2D eigenvalue weighted by atomic mass is 10.2. The first-order chi connectivity index (χ1) is 8.66. The van der Waals surface area contributed by atoms with Crippen molar-refractivity contribution in [3.05, 3.63) is 36.5 Å². The van der Waals surface area contributed by atoms with Gasteiger partial charge in [0.05, 0.1) is 11.0 Å². The first-order valence-corrected chi connectivity index (χ1v) is 6.59. The molecule has 2 rings (SSSR count). The van der Waals surface area contributed by atoms with E-state index in [-0.39, 0.29) is 10.6 Å². The van der Waals surface area contributed by atoms with E-state index in [4.69, 9.17) is 4.42 Å². The van der Waals surface area contributed by atoms with Gasteiger partial charge < -0.3 is 9.21 Å². The van der Waals surface area contributed by atoms with E-state index in [1.54, 1.807) is 19.3 Å². The second-order valence-electron chi connectivity index (χ2n) is 3.99. The maximum atomic E-state index is 10.9. The van der Waals surface area contributed by atoms with E-state index in [0.29, 0.717) is 24.5 Å². The number of nitrogens with zero attached hydrogens (tertiary/aromatic N) is 2. The average Bonchev–Trinajstić information content (AvgIpc) is 2.86. The summed E-state index contributed by atoms with van der Waals surface area (Å²) >= 11 is 3.47. The highest BCUT2D eigenvalue weighted by Gasteiger charge is 2.15. The zero-order valence-corrected chi connectivity index (χ0v) is 11.6. The van der Waals surface area contributed by atoms with Crippen molar-refractivity contribution >= 4 is 21.7 Å². The maximum Gasteiger partial charge on any atom is 0.208 e. The molecule has 0 saturated carbocycles. The highest BCUT2D eigenvalue weighted by Crippen LogP contribution is 2.29. The van der Waals surface area contributed by atoms with Crippen LogP contribution in [0.2, 0.25) is 0 Å². The van der Waals surface area contributed by atoms with Gasteiger partial charge in [-0.3, -0.25) is 4.98 Å². The summed E-state index contributed by atoms with van der Waals surface area (Å²) in [5.74, 6) is 1.38. The Kier molecular flexibility index (Phi) is 4.25. The Labute approximate surface area is 114 Å². The van der Waals surface area contributed by atoms with Gasteiger partial charge in [-0.2, -0.15) is 0 Å². The van der Waals surface area contributed by atoms with E-state index < -0.39 is 0 Å². The Morgan fingerprint density at radius 3 is 2.94 bits per heavy atom. The second-order valence-corrected chi connectivity index (χ2v) is 5.09. The van der Waals surface area contributed by atoms with Crippen LogP contribution in [0, 0.1) is 0 Å². The van der Waals surface area contributed by atoms with Crippen LogP contribution in [0.25, 0.3) is 11.5 Å². The first-order valence-electron chi connectivity index (χ1n) is 5.67. The summed E-state index contributed by atoms with van der Waals surface area (Å²) in [6.45, 7) is 1.58. The molecule has 0 aliphatic heterocycles. The number of oxazole rings is 1. The fourth-order valence-electron chi connectivity index (χ4n) is 1.51. The summed E-state index contributed by atoms with van der Waals surface area (Å²) in [5, 5.41) is 0. The third kappa shape index (κ3) is 3.26. The Hall–Kier alpha value is -1.49. The van der Waals surface area contributed by atoms with E-state index in [2.05, 4.69) is 25.9 Å². The number of pyridine rings is 1. The second kappa shape index (κ2) is 5.91. The van der Waals surface area contributed by atoms with Crippen molar-refractivity contribution in [2.45, 2.75) is 24.6 Å². The predicted molar refractivity (Wildman–Crippen MR) is 71.3 cm³/mol. The molecule has 2 aromatic heterocycles. The van der Waals surface area contributed by atoms with Gasteiger partial charge in [0.15, 0.2) is 5.76 Å². The smallest absolute Gasteiger partial charge is 0.208 e. The number of hydrogen-bond donors (Lipinski definition) is 0. The Morgan fingerprint density at radius 2 is 2.28 bits per heavy atom. The molecule has 0 N–H and O–H groups in total. The molecular formula is C13H13BrN2O2. The van der Waals surface area contributed by atoms with Crippen LogP contribution in [0.15, 0.2) is 35.0 Å². The zero-order chi connectivity index (χ0) is 13.0. The molecule has 0 aliphatic rings. The van der Waals surface area contributed by atoms with E-state index >= 15 is 0 Å². The molecule has 2 heterocycles. The molecule has 0 radical (unpaired) electrons. The molecule has 2 aromatic rings. The molecule has 0 amide bonds. The largest absolute Gasteiger partial charge is 0.438 e. The predicted octanol–water partition coefficient (Wildman–Crippen LogP) is 3.54. The fraction of sp³-hybridized carbons (Fsp3) is 0.308. The highest BCUT2D eigenvalue weighted by atomic mass is 79.9. The molecule has 1 atom stereocenters. The number of carbonyl (C=O) groups excluding carboxylic acids is 1. The molecule has 0 spiro atoms. The van der Waals surface area contributed by atoms with Gasteiger partial charge in [0, 0.05) is 12.6 Å². The summed E-state index contributed by atoms with van der Waals surface area (Å²) in [5.41, 5.74) is 0.752. The SMILES string of the molecule is CC(=O)CCC(Br)c1ncc(-c2ccccn2)o1. The standard InChI is InChI=1S/C13H13BrN2O2/c1-9(17)5-6-10(14)13-16-8-12(18-13)11-4-2-3-7-15-11/h2-4,7-8,10H,5-6H2,1H3. The van der Waals surface area contributed by atoms with Crippen LogP contribution in [0.4, 0.5) is 0 Å². The van der Waals surface area contributed by atoms with E-state index in [1.165, 1.54) is 0 Å². The van der Waals surface area contributed by atoms with Crippen LogP contribution in [-0.4, -0.2) is 15.8 Å². The van der Waals surface area contributed by atoms with Gasteiger partial charge >= 0.3 is 0 Å². The van der Waals surface area contributed by atoms with Crippen LogP contribution < -0.4 is 0 Å². The fourth-order valence-corrected chi connectivity index (χ4v) is 1.95. The van der Waals surface area contributed by atoms with Crippen molar-refractivity contribution in [3.8, 4) is 11.5 Å². The monoisotopic (exact) mass is 308 g/mol. The topological polar surface area (TPSA) is 56.0 Å². The van der Waals surface area contributed by atoms with E-state index in [9.17, 15) is 4.79 Å².